The number of amides is 4. The number of allylic oxidation sites excluding steroid dienone is 1. The van der Waals surface area contributed by atoms with Crippen molar-refractivity contribution in [2.75, 3.05) is 44.3 Å². The lowest BCUT2D eigenvalue weighted by Crippen LogP contribution is -2.51. The summed E-state index contributed by atoms with van der Waals surface area (Å²) in [5, 5.41) is 0. The van der Waals surface area contributed by atoms with Crippen molar-refractivity contribution in [1.29, 1.82) is 0 Å². The summed E-state index contributed by atoms with van der Waals surface area (Å²) < 4.78 is 13.1. The molecule has 4 rings (SSSR count). The zero-order valence-electron chi connectivity index (χ0n) is 17.1. The number of nitrogens with zero attached hydrogens (tertiary/aromatic N) is 4. The van der Waals surface area contributed by atoms with E-state index in [2.05, 4.69) is 11.0 Å². The van der Waals surface area contributed by atoms with Crippen LogP contribution in [0.15, 0.2) is 35.9 Å². The molecule has 0 unspecified atom stereocenters. The van der Waals surface area contributed by atoms with Gasteiger partial charge in [-0.1, -0.05) is 11.6 Å². The van der Waals surface area contributed by atoms with Crippen LogP contribution in [-0.2, 0) is 9.59 Å². The molecule has 2 saturated heterocycles. The molecule has 0 atom stereocenters. The summed E-state index contributed by atoms with van der Waals surface area (Å²) in [4.78, 5) is 43.7. The van der Waals surface area contributed by atoms with E-state index in [4.69, 9.17) is 0 Å². The molecule has 1 aliphatic carbocycles. The van der Waals surface area contributed by atoms with E-state index in [1.54, 1.807) is 12.1 Å². The van der Waals surface area contributed by atoms with Gasteiger partial charge in [-0.05, 0) is 56.4 Å². The normalized spacial score (nSPS) is 20.9. The first-order chi connectivity index (χ1) is 14.5. The van der Waals surface area contributed by atoms with Crippen LogP contribution >= 0.6 is 0 Å². The maximum absolute atomic E-state index is 13.1. The molecule has 3 aliphatic rings. The molecule has 30 heavy (non-hydrogen) atoms. The zero-order valence-corrected chi connectivity index (χ0v) is 17.1. The van der Waals surface area contributed by atoms with Crippen LogP contribution in [0.1, 0.15) is 32.1 Å². The first kappa shape index (κ1) is 20.5. The minimum absolute atomic E-state index is 0.125. The third-order valence-corrected chi connectivity index (χ3v) is 6.08. The number of rotatable bonds is 6. The van der Waals surface area contributed by atoms with Gasteiger partial charge in [0.2, 0.25) is 0 Å². The molecule has 0 N–H and O–H groups in total. The van der Waals surface area contributed by atoms with E-state index in [1.807, 2.05) is 4.90 Å². The fourth-order valence-corrected chi connectivity index (χ4v) is 4.26. The van der Waals surface area contributed by atoms with Crippen molar-refractivity contribution in [3.05, 3.63) is 41.7 Å². The Kier molecular flexibility index (Phi) is 6.13. The van der Waals surface area contributed by atoms with E-state index < -0.39 is 17.8 Å². The van der Waals surface area contributed by atoms with Gasteiger partial charge < -0.3 is 4.90 Å². The summed E-state index contributed by atoms with van der Waals surface area (Å²) in [5.41, 5.74) is 2.22. The first-order valence-electron chi connectivity index (χ1n) is 10.6. The van der Waals surface area contributed by atoms with Gasteiger partial charge in [0.25, 0.3) is 0 Å². The lowest BCUT2D eigenvalue weighted by Gasteiger charge is -2.37. The second-order valence-corrected chi connectivity index (χ2v) is 8.05. The summed E-state index contributed by atoms with van der Waals surface area (Å²) in [6.07, 6.45) is 7.22. The summed E-state index contributed by atoms with van der Waals surface area (Å²) in [6, 6.07) is 5.86. The predicted molar refractivity (Wildman–Crippen MR) is 110 cm³/mol. The highest BCUT2D eigenvalue weighted by Gasteiger charge is 2.44. The van der Waals surface area contributed by atoms with Crippen LogP contribution in [0.3, 0.4) is 0 Å². The molecule has 1 aromatic carbocycles. The van der Waals surface area contributed by atoms with Crippen molar-refractivity contribution in [2.45, 2.75) is 32.1 Å². The Morgan fingerprint density at radius 3 is 2.23 bits per heavy atom. The second kappa shape index (κ2) is 8.95. The van der Waals surface area contributed by atoms with E-state index in [0.29, 0.717) is 32.6 Å². The highest BCUT2D eigenvalue weighted by molar-refractivity contribution is 6.44. The standard InChI is InChI=1S/C22H27FN4O3/c23-18-6-8-19(9-7-18)25-14-12-24(13-15-25)16-27-21(29)20(28)26(22(27)30)11-10-17-4-2-1-3-5-17/h4,6-9H,1-3,5,10-16H2. The number of imide groups is 2. The van der Waals surface area contributed by atoms with Crippen LogP contribution in [0.25, 0.3) is 0 Å². The summed E-state index contributed by atoms with van der Waals surface area (Å²) in [5.74, 6) is -1.72. The maximum Gasteiger partial charge on any atom is 0.335 e. The van der Waals surface area contributed by atoms with Crippen molar-refractivity contribution < 1.29 is 18.8 Å². The molecule has 0 aromatic heterocycles. The molecule has 0 bridgehead atoms. The van der Waals surface area contributed by atoms with E-state index in [9.17, 15) is 18.8 Å². The Bertz CT molecular complexity index is 846. The van der Waals surface area contributed by atoms with Crippen LogP contribution in [-0.4, -0.2) is 71.9 Å². The minimum Gasteiger partial charge on any atom is -0.369 e. The Morgan fingerprint density at radius 1 is 0.867 bits per heavy atom. The Hall–Kier alpha value is -2.74. The van der Waals surface area contributed by atoms with Crippen LogP contribution in [0.2, 0.25) is 0 Å². The molecule has 2 aliphatic heterocycles. The van der Waals surface area contributed by atoms with Gasteiger partial charge in [0.1, 0.15) is 5.82 Å². The number of carbonyl (C=O) groups excluding carboxylic acids is 3. The van der Waals surface area contributed by atoms with Crippen molar-refractivity contribution >= 4 is 23.5 Å². The minimum atomic E-state index is -0.737. The number of hydrogen-bond acceptors (Lipinski definition) is 5. The predicted octanol–water partition coefficient (Wildman–Crippen LogP) is 2.59. The van der Waals surface area contributed by atoms with E-state index in [-0.39, 0.29) is 19.0 Å². The van der Waals surface area contributed by atoms with Gasteiger partial charge in [0.15, 0.2) is 0 Å². The van der Waals surface area contributed by atoms with Gasteiger partial charge in [-0.3, -0.25) is 19.4 Å². The lowest BCUT2D eigenvalue weighted by molar-refractivity contribution is -0.144. The molecule has 2 fully saturated rings. The van der Waals surface area contributed by atoms with Gasteiger partial charge >= 0.3 is 17.8 Å². The van der Waals surface area contributed by atoms with Crippen molar-refractivity contribution in [3.8, 4) is 0 Å². The second-order valence-electron chi connectivity index (χ2n) is 8.05. The SMILES string of the molecule is O=C1C(=O)N(CN2CCN(c3ccc(F)cc3)CC2)C(=O)N1CCC1=CCCCC1. The molecule has 160 valence electrons. The van der Waals surface area contributed by atoms with Gasteiger partial charge in [-0.25, -0.2) is 14.1 Å². The molecule has 0 saturated carbocycles. The Balaban J connectivity index is 1.30. The van der Waals surface area contributed by atoms with E-state index in [0.717, 1.165) is 34.7 Å². The quantitative estimate of drug-likeness (QED) is 0.407. The maximum atomic E-state index is 13.1. The number of halogens is 1. The first-order valence-corrected chi connectivity index (χ1v) is 10.6. The largest absolute Gasteiger partial charge is 0.369 e. The molecule has 0 spiro atoms. The molecule has 7 nitrogen and oxygen atoms in total. The number of hydrogen-bond donors (Lipinski definition) is 0. The van der Waals surface area contributed by atoms with Gasteiger partial charge in [0.05, 0.1) is 6.67 Å². The third-order valence-electron chi connectivity index (χ3n) is 6.08. The fraction of sp³-hybridized carbons (Fsp3) is 0.500. The number of carbonyl (C=O) groups is 3. The average molecular weight is 414 g/mol. The van der Waals surface area contributed by atoms with Gasteiger partial charge in [0, 0.05) is 38.4 Å². The van der Waals surface area contributed by atoms with E-state index >= 15 is 0 Å². The molecular formula is C22H27FN4O3. The smallest absolute Gasteiger partial charge is 0.335 e. The van der Waals surface area contributed by atoms with Gasteiger partial charge in [-0.15, -0.1) is 0 Å². The highest BCUT2D eigenvalue weighted by Crippen LogP contribution is 2.22. The lowest BCUT2D eigenvalue weighted by atomic mass is 9.97. The summed E-state index contributed by atoms with van der Waals surface area (Å²) in [7, 11) is 0. The molecule has 4 amide bonds. The molecule has 2 heterocycles. The number of piperazine rings is 1. The Morgan fingerprint density at radius 2 is 1.57 bits per heavy atom. The Labute approximate surface area is 175 Å². The van der Waals surface area contributed by atoms with Crippen LogP contribution in [0.5, 0.6) is 0 Å². The fourth-order valence-electron chi connectivity index (χ4n) is 4.26. The van der Waals surface area contributed by atoms with Crippen molar-refractivity contribution in [2.24, 2.45) is 0 Å². The van der Waals surface area contributed by atoms with Crippen LogP contribution in [0.4, 0.5) is 14.9 Å². The summed E-state index contributed by atoms with van der Waals surface area (Å²) >= 11 is 0. The highest BCUT2D eigenvalue weighted by atomic mass is 19.1. The number of urea groups is 1. The topological polar surface area (TPSA) is 64.2 Å². The van der Waals surface area contributed by atoms with Crippen LogP contribution < -0.4 is 4.90 Å². The van der Waals surface area contributed by atoms with Crippen molar-refractivity contribution in [1.82, 2.24) is 14.7 Å². The number of benzene rings is 1. The van der Waals surface area contributed by atoms with Crippen molar-refractivity contribution in [3.63, 3.8) is 0 Å². The molecule has 1 aromatic rings. The molecule has 8 heteroatoms. The molecule has 0 radical (unpaired) electrons. The summed E-state index contributed by atoms with van der Waals surface area (Å²) in [6.45, 7) is 3.09. The van der Waals surface area contributed by atoms with Gasteiger partial charge in [-0.2, -0.15) is 0 Å². The zero-order chi connectivity index (χ0) is 21.1. The average Bonchev–Trinajstić information content (AvgIpc) is 2.97. The number of anilines is 1. The van der Waals surface area contributed by atoms with Crippen LogP contribution in [0, 0.1) is 5.82 Å². The molecular weight excluding hydrogens is 387 g/mol. The monoisotopic (exact) mass is 414 g/mol. The van der Waals surface area contributed by atoms with E-state index in [1.165, 1.54) is 24.1 Å². The third kappa shape index (κ3) is 4.38.